The molecule has 0 bridgehead atoms. The molecular weight excluding hydrogens is 456 g/mol. The number of rotatable bonds is 7. The van der Waals surface area contributed by atoms with Gasteiger partial charge in [-0.1, -0.05) is 50.7 Å². The molecule has 2 aliphatic rings. The molecule has 0 aliphatic heterocycles. The third-order valence-corrected chi connectivity index (χ3v) is 7.83. The molecule has 2 heterocycles. The van der Waals surface area contributed by atoms with Gasteiger partial charge in [0.05, 0.1) is 0 Å². The number of carboxylic acid groups (broad SMARTS) is 1. The lowest BCUT2D eigenvalue weighted by molar-refractivity contribution is -0.131. The van der Waals surface area contributed by atoms with E-state index in [2.05, 4.69) is 4.98 Å². The highest BCUT2D eigenvalue weighted by Crippen LogP contribution is 2.27. The predicted octanol–water partition coefficient (Wildman–Crippen LogP) is 4.61. The van der Waals surface area contributed by atoms with Crippen molar-refractivity contribution in [1.82, 2.24) is 18.7 Å². The summed E-state index contributed by atoms with van der Waals surface area (Å²) in [5.74, 6) is -0.235. The smallest absolute Gasteiger partial charge is 0.332 e. The zero-order chi connectivity index (χ0) is 25.1. The van der Waals surface area contributed by atoms with Gasteiger partial charge in [0.25, 0.3) is 5.56 Å². The number of carboxylic acids is 1. The molecule has 1 N–H and O–H groups in total. The van der Waals surface area contributed by atoms with E-state index in [1.54, 1.807) is 10.9 Å². The molecule has 2 aromatic heterocycles. The molecule has 36 heavy (non-hydrogen) atoms. The number of imidazole rings is 1. The number of benzene rings is 1. The van der Waals surface area contributed by atoms with Gasteiger partial charge < -0.3 is 5.11 Å². The first-order chi connectivity index (χ1) is 17.5. The van der Waals surface area contributed by atoms with Crippen LogP contribution in [0.2, 0.25) is 0 Å². The number of aromatic nitrogens is 4. The van der Waals surface area contributed by atoms with Crippen LogP contribution in [-0.2, 0) is 17.9 Å². The Kier molecular flexibility index (Phi) is 7.20. The van der Waals surface area contributed by atoms with E-state index in [1.807, 2.05) is 28.8 Å². The highest BCUT2D eigenvalue weighted by molar-refractivity contribution is 5.85. The van der Waals surface area contributed by atoms with Gasteiger partial charge in [0.2, 0.25) is 0 Å². The molecule has 190 valence electrons. The molecule has 2 fully saturated rings. The summed E-state index contributed by atoms with van der Waals surface area (Å²) in [4.78, 5) is 42.7. The highest BCUT2D eigenvalue weighted by Gasteiger charge is 2.24. The largest absolute Gasteiger partial charge is 0.478 e. The van der Waals surface area contributed by atoms with Crippen LogP contribution < -0.4 is 11.2 Å². The normalized spacial score (nSPS) is 17.8. The van der Waals surface area contributed by atoms with Crippen LogP contribution in [0, 0.1) is 11.8 Å². The lowest BCUT2D eigenvalue weighted by atomic mass is 9.89. The molecule has 8 heteroatoms. The van der Waals surface area contributed by atoms with Gasteiger partial charge in [-0.2, -0.15) is 0 Å². The fourth-order valence-corrected chi connectivity index (χ4v) is 5.89. The van der Waals surface area contributed by atoms with Crippen LogP contribution in [0.1, 0.15) is 69.8 Å². The number of fused-ring (bicyclic) bond motifs is 1. The molecule has 0 spiro atoms. The summed E-state index contributed by atoms with van der Waals surface area (Å²) in [6.45, 7) is 1.06. The lowest BCUT2D eigenvalue weighted by Gasteiger charge is -2.25. The minimum atomic E-state index is -1.00. The van der Waals surface area contributed by atoms with Crippen molar-refractivity contribution < 1.29 is 9.90 Å². The lowest BCUT2D eigenvalue weighted by Crippen LogP contribution is -2.43. The third kappa shape index (κ3) is 5.08. The number of hydrogen-bond acceptors (Lipinski definition) is 4. The molecule has 0 radical (unpaired) electrons. The van der Waals surface area contributed by atoms with E-state index in [0.717, 1.165) is 55.9 Å². The molecule has 5 rings (SSSR count). The number of nitrogens with zero attached hydrogens (tertiary/aromatic N) is 4. The first-order valence-corrected chi connectivity index (χ1v) is 13.2. The molecule has 0 unspecified atom stereocenters. The van der Waals surface area contributed by atoms with E-state index in [4.69, 9.17) is 5.11 Å². The molecule has 0 atom stereocenters. The molecule has 0 saturated heterocycles. The van der Waals surface area contributed by atoms with Gasteiger partial charge in [0, 0.05) is 24.9 Å². The summed E-state index contributed by atoms with van der Waals surface area (Å²) in [5, 5.41) is 8.88. The van der Waals surface area contributed by atoms with Crippen LogP contribution in [0.5, 0.6) is 0 Å². The van der Waals surface area contributed by atoms with Crippen LogP contribution in [0.3, 0.4) is 0 Å². The molecule has 8 nitrogen and oxygen atoms in total. The van der Waals surface area contributed by atoms with Crippen molar-refractivity contribution in [2.75, 3.05) is 0 Å². The second-order valence-electron chi connectivity index (χ2n) is 10.4. The monoisotopic (exact) mass is 490 g/mol. The first-order valence-electron chi connectivity index (χ1n) is 13.2. The van der Waals surface area contributed by atoms with Gasteiger partial charge >= 0.3 is 11.7 Å². The molecule has 1 aromatic carbocycles. The zero-order valence-electron chi connectivity index (χ0n) is 20.6. The van der Waals surface area contributed by atoms with Crippen LogP contribution in [-0.4, -0.2) is 29.8 Å². The summed E-state index contributed by atoms with van der Waals surface area (Å²) in [6.07, 6.45) is 15.7. The topological polar surface area (TPSA) is 99.1 Å². The second kappa shape index (κ2) is 10.7. The third-order valence-electron chi connectivity index (χ3n) is 7.83. The minimum Gasteiger partial charge on any atom is -0.478 e. The molecule has 2 aliphatic carbocycles. The Bertz CT molecular complexity index is 1370. The summed E-state index contributed by atoms with van der Waals surface area (Å²) in [7, 11) is 0. The summed E-state index contributed by atoms with van der Waals surface area (Å²) >= 11 is 0. The molecule has 3 aromatic rings. The van der Waals surface area contributed by atoms with Gasteiger partial charge in [0.15, 0.2) is 11.2 Å². The van der Waals surface area contributed by atoms with Crippen molar-refractivity contribution in [2.45, 2.75) is 77.3 Å². The number of hydrogen-bond donors (Lipinski definition) is 1. The predicted molar refractivity (Wildman–Crippen MR) is 139 cm³/mol. The second-order valence-corrected chi connectivity index (χ2v) is 10.4. The van der Waals surface area contributed by atoms with Crippen molar-refractivity contribution in [2.24, 2.45) is 11.8 Å². The Morgan fingerprint density at radius 2 is 1.47 bits per heavy atom. The Hall–Kier alpha value is -3.42. The van der Waals surface area contributed by atoms with Gasteiger partial charge in [-0.15, -0.1) is 0 Å². The SMILES string of the molecule is O=C(O)C=Cc1ccc(-n2cnc3c(=O)n(CC4CCCCC4)c(=O)n(CC4CCCCC4)c32)cc1. The maximum absolute atomic E-state index is 13.9. The number of carbonyl (C=O) groups is 1. The van der Waals surface area contributed by atoms with E-state index in [1.165, 1.54) is 36.3 Å². The maximum Gasteiger partial charge on any atom is 0.332 e. The van der Waals surface area contributed by atoms with Gasteiger partial charge in [-0.3, -0.25) is 18.5 Å². The fraction of sp³-hybridized carbons (Fsp3) is 0.500. The summed E-state index contributed by atoms with van der Waals surface area (Å²) in [6, 6.07) is 7.33. The molecule has 2 saturated carbocycles. The summed E-state index contributed by atoms with van der Waals surface area (Å²) < 4.78 is 5.05. The Morgan fingerprint density at radius 3 is 2.06 bits per heavy atom. The fourth-order valence-electron chi connectivity index (χ4n) is 5.89. The van der Waals surface area contributed by atoms with Crippen molar-refractivity contribution in [3.05, 3.63) is 63.1 Å². The standard InChI is InChI=1S/C28H34N4O4/c33-24(34)16-13-20-11-14-23(15-12-20)32-19-29-25-26(32)30(17-21-7-3-1-4-8-21)28(36)31(27(25)35)18-22-9-5-2-6-10-22/h11-16,19,21-22H,1-10,17-18H2,(H,33,34). The van der Waals surface area contributed by atoms with Crippen molar-refractivity contribution in [3.63, 3.8) is 0 Å². The quantitative estimate of drug-likeness (QED) is 0.488. The van der Waals surface area contributed by atoms with Crippen LogP contribution in [0.15, 0.2) is 46.3 Å². The van der Waals surface area contributed by atoms with E-state index >= 15 is 0 Å². The van der Waals surface area contributed by atoms with Gasteiger partial charge in [-0.05, 0) is 61.3 Å². The van der Waals surface area contributed by atoms with Crippen molar-refractivity contribution in [1.29, 1.82) is 0 Å². The van der Waals surface area contributed by atoms with E-state index in [9.17, 15) is 14.4 Å². The van der Waals surface area contributed by atoms with Crippen LogP contribution in [0.25, 0.3) is 22.9 Å². The Labute approximate surface area is 209 Å². The Morgan fingerprint density at radius 1 is 0.889 bits per heavy atom. The number of aliphatic carboxylic acids is 1. The van der Waals surface area contributed by atoms with Gasteiger partial charge in [0.1, 0.15) is 6.33 Å². The first kappa shape index (κ1) is 24.3. The average molecular weight is 491 g/mol. The highest BCUT2D eigenvalue weighted by atomic mass is 16.4. The van der Waals surface area contributed by atoms with Gasteiger partial charge in [-0.25, -0.2) is 14.6 Å². The Balaban J connectivity index is 1.59. The van der Waals surface area contributed by atoms with E-state index in [-0.39, 0.29) is 11.2 Å². The van der Waals surface area contributed by atoms with E-state index in [0.29, 0.717) is 36.1 Å². The van der Waals surface area contributed by atoms with Crippen molar-refractivity contribution in [3.8, 4) is 5.69 Å². The van der Waals surface area contributed by atoms with E-state index < -0.39 is 5.97 Å². The van der Waals surface area contributed by atoms with Crippen molar-refractivity contribution >= 4 is 23.2 Å². The maximum atomic E-state index is 13.9. The van der Waals surface area contributed by atoms with Crippen LogP contribution >= 0.6 is 0 Å². The average Bonchev–Trinajstić information content (AvgIpc) is 3.35. The van der Waals surface area contributed by atoms with Crippen LogP contribution in [0.4, 0.5) is 0 Å². The molecular formula is C28H34N4O4. The zero-order valence-corrected chi connectivity index (χ0v) is 20.6. The molecule has 0 amide bonds. The summed E-state index contributed by atoms with van der Waals surface area (Å²) in [5.41, 5.74) is 1.86. The minimum absolute atomic E-state index is 0.230.